The molecule has 2 aliphatic heterocycles. The van der Waals surface area contributed by atoms with E-state index in [-0.39, 0.29) is 6.04 Å². The maximum absolute atomic E-state index is 12.9. The highest BCUT2D eigenvalue weighted by molar-refractivity contribution is 9.10. The van der Waals surface area contributed by atoms with Crippen molar-refractivity contribution in [1.29, 1.82) is 0 Å². The predicted octanol–water partition coefficient (Wildman–Crippen LogP) is 1.97. The van der Waals surface area contributed by atoms with Gasteiger partial charge in [-0.1, -0.05) is 0 Å². The average Bonchev–Trinajstić information content (AvgIpc) is 2.77. The van der Waals surface area contributed by atoms with Crippen LogP contribution in [-0.2, 0) is 10.0 Å². The molecule has 0 amide bonds. The molecule has 2 aliphatic rings. The summed E-state index contributed by atoms with van der Waals surface area (Å²) in [7, 11) is -1.91. The molecule has 1 aromatic rings. The van der Waals surface area contributed by atoms with Crippen LogP contribution in [0.3, 0.4) is 0 Å². The minimum atomic E-state index is -3.47. The van der Waals surface area contributed by atoms with Gasteiger partial charge in [0.2, 0.25) is 10.0 Å². The van der Waals surface area contributed by atoms with Crippen molar-refractivity contribution in [3.8, 4) is 5.75 Å². The zero-order chi connectivity index (χ0) is 15.0. The molecular formula is C14H19BrN2O3S. The molecule has 2 unspecified atom stereocenters. The predicted molar refractivity (Wildman–Crippen MR) is 84.0 cm³/mol. The third-order valence-electron chi connectivity index (χ3n) is 4.24. The molecule has 7 heteroatoms. The van der Waals surface area contributed by atoms with Crippen molar-refractivity contribution in [2.24, 2.45) is 0 Å². The summed E-state index contributed by atoms with van der Waals surface area (Å²) < 4.78 is 33.0. The van der Waals surface area contributed by atoms with E-state index in [0.29, 0.717) is 34.2 Å². The van der Waals surface area contributed by atoms with Crippen molar-refractivity contribution in [2.45, 2.75) is 36.2 Å². The Morgan fingerprint density at radius 3 is 2.76 bits per heavy atom. The average molecular weight is 375 g/mol. The third kappa shape index (κ3) is 2.97. The lowest BCUT2D eigenvalue weighted by atomic mass is 10.1. The number of halogens is 1. The highest BCUT2D eigenvalue weighted by atomic mass is 79.9. The molecule has 3 rings (SSSR count). The Balaban J connectivity index is 1.89. The fourth-order valence-electron chi connectivity index (χ4n) is 3.09. The first-order valence-electron chi connectivity index (χ1n) is 7.10. The molecule has 5 nitrogen and oxygen atoms in total. The summed E-state index contributed by atoms with van der Waals surface area (Å²) in [5.41, 5.74) is 0. The largest absolute Gasteiger partial charge is 0.497 e. The highest BCUT2D eigenvalue weighted by Gasteiger charge is 2.35. The summed E-state index contributed by atoms with van der Waals surface area (Å²) in [5, 5.41) is 3.50. The number of methoxy groups -OCH3 is 1. The highest BCUT2D eigenvalue weighted by Crippen LogP contribution is 2.31. The summed E-state index contributed by atoms with van der Waals surface area (Å²) >= 11 is 3.35. The Morgan fingerprint density at radius 2 is 2.05 bits per heavy atom. The normalized spacial score (nSPS) is 26.6. The second kappa shape index (κ2) is 5.87. The van der Waals surface area contributed by atoms with Crippen molar-refractivity contribution < 1.29 is 13.2 Å². The van der Waals surface area contributed by atoms with E-state index in [1.165, 1.54) is 0 Å². The number of benzene rings is 1. The third-order valence-corrected chi connectivity index (χ3v) is 7.08. The molecule has 2 bridgehead atoms. The molecular weight excluding hydrogens is 356 g/mol. The van der Waals surface area contributed by atoms with Gasteiger partial charge in [-0.05, 0) is 53.4 Å². The van der Waals surface area contributed by atoms with Crippen molar-refractivity contribution >= 4 is 26.0 Å². The Bertz CT molecular complexity index is 635. The number of fused-ring (bicyclic) bond motifs is 2. The first-order chi connectivity index (χ1) is 10.0. The van der Waals surface area contributed by atoms with Gasteiger partial charge in [0.25, 0.3) is 0 Å². The van der Waals surface area contributed by atoms with Gasteiger partial charge in [0.1, 0.15) is 5.75 Å². The van der Waals surface area contributed by atoms with E-state index in [0.717, 1.165) is 19.3 Å². The number of rotatable bonds is 3. The van der Waals surface area contributed by atoms with Gasteiger partial charge in [0, 0.05) is 29.6 Å². The van der Waals surface area contributed by atoms with Crippen LogP contribution in [0.15, 0.2) is 27.6 Å². The van der Waals surface area contributed by atoms with Gasteiger partial charge in [0.15, 0.2) is 0 Å². The van der Waals surface area contributed by atoms with Crippen LogP contribution < -0.4 is 10.1 Å². The smallest absolute Gasteiger partial charge is 0.244 e. The minimum Gasteiger partial charge on any atom is -0.497 e. The van der Waals surface area contributed by atoms with Gasteiger partial charge in [0.05, 0.1) is 12.0 Å². The summed E-state index contributed by atoms with van der Waals surface area (Å²) in [6.07, 6.45) is 3.09. The molecule has 0 spiro atoms. The molecule has 1 N–H and O–H groups in total. The lowest BCUT2D eigenvalue weighted by Gasteiger charge is -2.24. The topological polar surface area (TPSA) is 58.6 Å². The van der Waals surface area contributed by atoms with Crippen LogP contribution in [0.1, 0.15) is 19.3 Å². The van der Waals surface area contributed by atoms with E-state index in [9.17, 15) is 8.42 Å². The lowest BCUT2D eigenvalue weighted by molar-refractivity contribution is 0.383. The molecule has 116 valence electrons. The number of nitrogens with one attached hydrogen (secondary N) is 1. The molecule has 1 aromatic carbocycles. The van der Waals surface area contributed by atoms with Crippen LogP contribution in [0, 0.1) is 0 Å². The summed E-state index contributed by atoms with van der Waals surface area (Å²) in [6, 6.07) is 5.72. The maximum atomic E-state index is 12.9. The molecule has 2 atom stereocenters. The zero-order valence-corrected chi connectivity index (χ0v) is 14.3. The van der Waals surface area contributed by atoms with Crippen LogP contribution in [0.4, 0.5) is 0 Å². The van der Waals surface area contributed by atoms with E-state index in [2.05, 4.69) is 21.2 Å². The summed E-state index contributed by atoms with van der Waals surface area (Å²) in [6.45, 7) is 1.13. The van der Waals surface area contributed by atoms with Gasteiger partial charge in [-0.2, -0.15) is 4.31 Å². The van der Waals surface area contributed by atoms with Crippen LogP contribution in [-0.4, -0.2) is 45.0 Å². The molecule has 0 saturated carbocycles. The van der Waals surface area contributed by atoms with Crippen molar-refractivity contribution in [3.05, 3.63) is 22.7 Å². The SMILES string of the molecule is COc1ccc(S(=O)(=O)N2CCC3CCC(C2)N3)c(Br)c1. The van der Waals surface area contributed by atoms with Crippen LogP contribution in [0.2, 0.25) is 0 Å². The minimum absolute atomic E-state index is 0.282. The molecule has 2 fully saturated rings. The molecule has 0 aromatic heterocycles. The lowest BCUT2D eigenvalue weighted by Crippen LogP contribution is -2.39. The van der Waals surface area contributed by atoms with Crippen molar-refractivity contribution in [3.63, 3.8) is 0 Å². The quantitative estimate of drug-likeness (QED) is 0.878. The molecule has 2 saturated heterocycles. The number of hydrogen-bond acceptors (Lipinski definition) is 4. The number of ether oxygens (including phenoxy) is 1. The van der Waals surface area contributed by atoms with Crippen LogP contribution >= 0.6 is 15.9 Å². The molecule has 0 radical (unpaired) electrons. The number of nitrogens with zero attached hydrogens (tertiary/aromatic N) is 1. The van der Waals surface area contributed by atoms with Gasteiger partial charge >= 0.3 is 0 Å². The second-order valence-corrected chi connectivity index (χ2v) is 8.35. The monoisotopic (exact) mass is 374 g/mol. The van der Waals surface area contributed by atoms with Crippen molar-refractivity contribution in [1.82, 2.24) is 9.62 Å². The fourth-order valence-corrected chi connectivity index (χ4v) is 5.60. The molecule has 21 heavy (non-hydrogen) atoms. The van der Waals surface area contributed by atoms with Gasteiger partial charge in [-0.15, -0.1) is 0 Å². The van der Waals surface area contributed by atoms with Crippen molar-refractivity contribution in [2.75, 3.05) is 20.2 Å². The first kappa shape index (κ1) is 15.3. The molecule has 0 aliphatic carbocycles. The molecule has 2 heterocycles. The Labute approximate surface area is 133 Å². The Kier molecular flexibility index (Phi) is 4.27. The van der Waals surface area contributed by atoms with E-state index in [1.807, 2.05) is 0 Å². The van der Waals surface area contributed by atoms with Gasteiger partial charge in [-0.3, -0.25) is 0 Å². The van der Waals surface area contributed by atoms with Crippen LogP contribution in [0.5, 0.6) is 5.75 Å². The second-order valence-electron chi connectivity index (χ2n) is 5.59. The Morgan fingerprint density at radius 1 is 1.29 bits per heavy atom. The fraction of sp³-hybridized carbons (Fsp3) is 0.571. The Hall–Kier alpha value is -0.630. The maximum Gasteiger partial charge on any atom is 0.244 e. The van der Waals surface area contributed by atoms with Crippen LogP contribution in [0.25, 0.3) is 0 Å². The zero-order valence-electron chi connectivity index (χ0n) is 11.9. The van der Waals surface area contributed by atoms with Gasteiger partial charge < -0.3 is 10.1 Å². The van der Waals surface area contributed by atoms with Gasteiger partial charge in [-0.25, -0.2) is 8.42 Å². The van der Waals surface area contributed by atoms with E-state index >= 15 is 0 Å². The first-order valence-corrected chi connectivity index (χ1v) is 9.34. The summed E-state index contributed by atoms with van der Waals surface area (Å²) in [5.74, 6) is 0.636. The van der Waals surface area contributed by atoms with E-state index in [4.69, 9.17) is 4.74 Å². The number of hydrogen-bond donors (Lipinski definition) is 1. The summed E-state index contributed by atoms with van der Waals surface area (Å²) in [4.78, 5) is 0.307. The van der Waals surface area contributed by atoms with E-state index in [1.54, 1.807) is 29.6 Å². The standard InChI is InChI=1S/C14H19BrN2O3S/c1-20-12-4-5-14(13(15)8-12)21(18,19)17-7-6-10-2-3-11(9-17)16-10/h4-5,8,10-11,16H,2-3,6-7,9H2,1H3. The number of sulfonamides is 1. The van der Waals surface area contributed by atoms with E-state index < -0.39 is 10.0 Å².